The SMILES string of the molecule is OCc1c(Cl)cnc(F)c1F. The van der Waals surface area contributed by atoms with Crippen molar-refractivity contribution < 1.29 is 13.9 Å². The summed E-state index contributed by atoms with van der Waals surface area (Å²) < 4.78 is 24.9. The van der Waals surface area contributed by atoms with Crippen molar-refractivity contribution in [3.05, 3.63) is 28.5 Å². The first-order valence-electron chi connectivity index (χ1n) is 2.76. The van der Waals surface area contributed by atoms with Crippen LogP contribution in [-0.2, 0) is 6.61 Å². The molecule has 0 aromatic carbocycles. The van der Waals surface area contributed by atoms with Gasteiger partial charge >= 0.3 is 0 Å². The van der Waals surface area contributed by atoms with Crippen molar-refractivity contribution in [2.75, 3.05) is 0 Å². The maximum atomic E-state index is 12.6. The quantitative estimate of drug-likeness (QED) is 0.663. The summed E-state index contributed by atoms with van der Waals surface area (Å²) in [6.45, 7) is -0.635. The number of aliphatic hydroxyl groups is 1. The van der Waals surface area contributed by atoms with Crippen LogP contribution in [-0.4, -0.2) is 10.1 Å². The van der Waals surface area contributed by atoms with Gasteiger partial charge in [0.25, 0.3) is 0 Å². The molecule has 1 heterocycles. The van der Waals surface area contributed by atoms with Crippen LogP contribution in [0, 0.1) is 11.8 Å². The average molecular weight is 180 g/mol. The van der Waals surface area contributed by atoms with Gasteiger partial charge in [-0.25, -0.2) is 9.37 Å². The number of pyridine rings is 1. The first-order valence-corrected chi connectivity index (χ1v) is 3.14. The Hall–Kier alpha value is -0.740. The fourth-order valence-electron chi connectivity index (χ4n) is 0.622. The minimum absolute atomic E-state index is 0.0774. The molecule has 11 heavy (non-hydrogen) atoms. The van der Waals surface area contributed by atoms with E-state index >= 15 is 0 Å². The van der Waals surface area contributed by atoms with E-state index in [2.05, 4.69) is 4.98 Å². The van der Waals surface area contributed by atoms with E-state index in [-0.39, 0.29) is 10.6 Å². The van der Waals surface area contributed by atoms with Gasteiger partial charge in [0.05, 0.1) is 11.6 Å². The number of rotatable bonds is 1. The van der Waals surface area contributed by atoms with E-state index in [1.54, 1.807) is 0 Å². The van der Waals surface area contributed by atoms with Crippen molar-refractivity contribution in [1.82, 2.24) is 4.98 Å². The second-order valence-electron chi connectivity index (χ2n) is 1.85. The molecule has 0 saturated heterocycles. The van der Waals surface area contributed by atoms with Crippen LogP contribution in [0.1, 0.15) is 5.56 Å². The van der Waals surface area contributed by atoms with E-state index in [0.717, 1.165) is 6.20 Å². The van der Waals surface area contributed by atoms with Crippen molar-refractivity contribution in [3.63, 3.8) is 0 Å². The summed E-state index contributed by atoms with van der Waals surface area (Å²) in [5, 5.41) is 8.43. The molecule has 1 aromatic heterocycles. The lowest BCUT2D eigenvalue weighted by atomic mass is 10.3. The predicted octanol–water partition coefficient (Wildman–Crippen LogP) is 1.51. The molecular formula is C6H4ClF2NO. The van der Waals surface area contributed by atoms with Crippen molar-refractivity contribution >= 4 is 11.6 Å². The summed E-state index contributed by atoms with van der Waals surface area (Å²) in [4.78, 5) is 3.00. The molecule has 60 valence electrons. The second-order valence-corrected chi connectivity index (χ2v) is 2.25. The van der Waals surface area contributed by atoms with Gasteiger partial charge in [0.1, 0.15) is 0 Å². The molecule has 1 N–H and O–H groups in total. The molecule has 0 aliphatic rings. The highest BCUT2D eigenvalue weighted by Gasteiger charge is 2.11. The van der Waals surface area contributed by atoms with Crippen LogP contribution in [0.4, 0.5) is 8.78 Å². The Morgan fingerprint density at radius 3 is 2.64 bits per heavy atom. The molecule has 0 aliphatic carbocycles. The van der Waals surface area contributed by atoms with Gasteiger partial charge in [-0.15, -0.1) is 0 Å². The first kappa shape index (κ1) is 8.36. The maximum Gasteiger partial charge on any atom is 0.249 e. The van der Waals surface area contributed by atoms with Gasteiger partial charge in [0.2, 0.25) is 5.95 Å². The third-order valence-corrected chi connectivity index (χ3v) is 1.51. The highest BCUT2D eigenvalue weighted by atomic mass is 35.5. The lowest BCUT2D eigenvalue weighted by Crippen LogP contribution is -1.97. The summed E-state index contributed by atoms with van der Waals surface area (Å²) in [5.74, 6) is -2.45. The molecule has 2 nitrogen and oxygen atoms in total. The molecule has 0 saturated carbocycles. The van der Waals surface area contributed by atoms with Crippen molar-refractivity contribution in [2.45, 2.75) is 6.61 Å². The smallest absolute Gasteiger partial charge is 0.249 e. The fraction of sp³-hybridized carbons (Fsp3) is 0.167. The van der Waals surface area contributed by atoms with E-state index < -0.39 is 18.4 Å². The summed E-state index contributed by atoms with van der Waals surface area (Å²) in [6.07, 6.45) is 0.950. The minimum Gasteiger partial charge on any atom is -0.392 e. The number of aromatic nitrogens is 1. The third kappa shape index (κ3) is 1.46. The van der Waals surface area contributed by atoms with E-state index in [0.29, 0.717) is 0 Å². The van der Waals surface area contributed by atoms with Crippen LogP contribution in [0.3, 0.4) is 0 Å². The van der Waals surface area contributed by atoms with Crippen LogP contribution >= 0.6 is 11.6 Å². The molecule has 0 atom stereocenters. The monoisotopic (exact) mass is 179 g/mol. The number of nitrogens with zero attached hydrogens (tertiary/aromatic N) is 1. The molecule has 5 heteroatoms. The van der Waals surface area contributed by atoms with E-state index in [9.17, 15) is 8.78 Å². The fourth-order valence-corrected chi connectivity index (χ4v) is 0.814. The van der Waals surface area contributed by atoms with Gasteiger partial charge in [0, 0.05) is 11.8 Å². The Bertz CT molecular complexity index is 280. The standard InChI is InChI=1S/C6H4ClF2NO/c7-4-1-10-6(9)5(8)3(4)2-11/h1,11H,2H2. The topological polar surface area (TPSA) is 33.1 Å². The average Bonchev–Trinajstić information content (AvgIpc) is 1.99. The predicted molar refractivity (Wildman–Crippen MR) is 35.1 cm³/mol. The van der Waals surface area contributed by atoms with Crippen molar-refractivity contribution in [1.29, 1.82) is 0 Å². The Morgan fingerprint density at radius 1 is 1.55 bits per heavy atom. The van der Waals surface area contributed by atoms with E-state index in [1.807, 2.05) is 0 Å². The molecule has 0 radical (unpaired) electrons. The highest BCUT2D eigenvalue weighted by molar-refractivity contribution is 6.31. The molecule has 0 bridgehead atoms. The number of hydrogen-bond donors (Lipinski definition) is 1. The largest absolute Gasteiger partial charge is 0.392 e. The Morgan fingerprint density at radius 2 is 2.18 bits per heavy atom. The zero-order valence-electron chi connectivity index (χ0n) is 5.31. The van der Waals surface area contributed by atoms with Gasteiger partial charge in [-0.3, -0.25) is 0 Å². The lowest BCUT2D eigenvalue weighted by molar-refractivity contribution is 0.272. The van der Waals surface area contributed by atoms with Gasteiger partial charge < -0.3 is 5.11 Å². The van der Waals surface area contributed by atoms with Gasteiger partial charge in [-0.05, 0) is 0 Å². The molecule has 0 amide bonds. The third-order valence-electron chi connectivity index (χ3n) is 1.18. The molecule has 1 aromatic rings. The minimum atomic E-state index is -1.25. The first-order chi connectivity index (χ1) is 5.16. The van der Waals surface area contributed by atoms with Crippen LogP contribution < -0.4 is 0 Å². The van der Waals surface area contributed by atoms with Gasteiger partial charge in [-0.2, -0.15) is 4.39 Å². The van der Waals surface area contributed by atoms with Crippen LogP contribution in [0.2, 0.25) is 5.02 Å². The molecule has 0 fully saturated rings. The zero-order valence-corrected chi connectivity index (χ0v) is 6.07. The van der Waals surface area contributed by atoms with Gasteiger partial charge in [0.15, 0.2) is 5.82 Å². The molecule has 0 unspecified atom stereocenters. The molecule has 0 spiro atoms. The number of hydrogen-bond acceptors (Lipinski definition) is 2. The maximum absolute atomic E-state index is 12.6. The van der Waals surface area contributed by atoms with Crippen molar-refractivity contribution in [2.24, 2.45) is 0 Å². The lowest BCUT2D eigenvalue weighted by Gasteiger charge is -2.00. The van der Waals surface area contributed by atoms with Crippen LogP contribution in [0.15, 0.2) is 6.20 Å². The highest BCUT2D eigenvalue weighted by Crippen LogP contribution is 2.18. The number of halogens is 3. The Kier molecular flexibility index (Phi) is 2.36. The summed E-state index contributed by atoms with van der Waals surface area (Å²) >= 11 is 5.37. The normalized spacial score (nSPS) is 10.2. The van der Waals surface area contributed by atoms with E-state index in [4.69, 9.17) is 16.7 Å². The molecule has 0 aliphatic heterocycles. The summed E-state index contributed by atoms with van der Waals surface area (Å²) in [6, 6.07) is 0. The van der Waals surface area contributed by atoms with Crippen LogP contribution in [0.25, 0.3) is 0 Å². The zero-order chi connectivity index (χ0) is 8.43. The summed E-state index contributed by atoms with van der Waals surface area (Å²) in [7, 11) is 0. The van der Waals surface area contributed by atoms with Crippen molar-refractivity contribution in [3.8, 4) is 0 Å². The second kappa shape index (κ2) is 3.11. The Labute approximate surface area is 66.4 Å². The summed E-state index contributed by atoms with van der Waals surface area (Å²) in [5.41, 5.74) is -0.265. The van der Waals surface area contributed by atoms with Crippen LogP contribution in [0.5, 0.6) is 0 Å². The molecular weight excluding hydrogens is 176 g/mol. The van der Waals surface area contributed by atoms with Gasteiger partial charge in [-0.1, -0.05) is 11.6 Å². The number of aliphatic hydroxyl groups excluding tert-OH is 1. The molecule has 1 rings (SSSR count). The van der Waals surface area contributed by atoms with E-state index in [1.165, 1.54) is 0 Å². The Balaban J connectivity index is 3.29.